The molecule has 0 radical (unpaired) electrons. The van der Waals surface area contributed by atoms with Crippen molar-refractivity contribution in [1.29, 1.82) is 0 Å². The number of carbonyl (C=O) groups excluding carboxylic acids is 1. The Balaban J connectivity index is 2.34. The molecule has 0 aliphatic heterocycles. The first-order valence-electron chi connectivity index (χ1n) is 17.8. The molecule has 0 saturated carbocycles. The Labute approximate surface area is 256 Å². The molecule has 1 N–H and O–H groups in total. The van der Waals surface area contributed by atoms with Crippen LogP contribution in [0.4, 0.5) is 0 Å². The number of methoxy groups -OCH3 is 1. The van der Waals surface area contributed by atoms with Crippen molar-refractivity contribution in [3.63, 3.8) is 0 Å². The van der Waals surface area contributed by atoms with E-state index in [1.165, 1.54) is 154 Å². The Bertz CT molecular complexity index is 692. The fraction of sp³-hybridized carbons (Fsp3) is 0.811. The van der Waals surface area contributed by atoms with Gasteiger partial charge in [0.25, 0.3) is 5.91 Å². The predicted octanol–water partition coefficient (Wildman–Crippen LogP) is 10.5. The maximum absolute atomic E-state index is 12.7. The summed E-state index contributed by atoms with van der Waals surface area (Å²) in [7, 11) is 4.07. The van der Waals surface area contributed by atoms with Gasteiger partial charge in [-0.2, -0.15) is 0 Å². The van der Waals surface area contributed by atoms with Crippen LogP contribution in [0.1, 0.15) is 165 Å². The van der Waals surface area contributed by atoms with Crippen LogP contribution in [0.3, 0.4) is 0 Å². The molecule has 0 aliphatic rings. The van der Waals surface area contributed by atoms with Crippen LogP contribution in [0.15, 0.2) is 24.3 Å². The molecule has 0 saturated heterocycles. The second-order valence-corrected chi connectivity index (χ2v) is 12.8. The summed E-state index contributed by atoms with van der Waals surface area (Å²) in [5.41, 5.74) is 0.704. The molecular formula is C37H69N2O2+. The van der Waals surface area contributed by atoms with Crippen molar-refractivity contribution < 1.29 is 14.0 Å². The van der Waals surface area contributed by atoms with Crippen LogP contribution in [0.5, 0.6) is 5.75 Å². The molecule has 4 nitrogen and oxygen atoms in total. The molecule has 1 rings (SSSR count). The molecule has 1 aromatic rings. The Hall–Kier alpha value is -1.55. The first-order chi connectivity index (χ1) is 20.0. The van der Waals surface area contributed by atoms with E-state index < -0.39 is 0 Å². The molecule has 1 amide bonds. The molecule has 0 fully saturated rings. The minimum absolute atomic E-state index is 0.0172. The third-order valence-corrected chi connectivity index (χ3v) is 8.89. The number of hydrogen-bond acceptors (Lipinski definition) is 2. The summed E-state index contributed by atoms with van der Waals surface area (Å²) in [6, 6.07) is 7.40. The van der Waals surface area contributed by atoms with E-state index in [0.29, 0.717) is 5.56 Å². The molecule has 4 heteroatoms. The molecule has 238 valence electrons. The van der Waals surface area contributed by atoms with Crippen LogP contribution in [-0.2, 0) is 0 Å². The van der Waals surface area contributed by atoms with E-state index in [9.17, 15) is 4.79 Å². The van der Waals surface area contributed by atoms with Crippen LogP contribution in [0.2, 0.25) is 0 Å². The van der Waals surface area contributed by atoms with Crippen molar-refractivity contribution in [2.75, 3.05) is 40.3 Å². The van der Waals surface area contributed by atoms with Gasteiger partial charge in [-0.25, -0.2) is 0 Å². The van der Waals surface area contributed by atoms with Crippen LogP contribution in [-0.4, -0.2) is 50.7 Å². The number of hydrogen-bond donors (Lipinski definition) is 1. The van der Waals surface area contributed by atoms with E-state index in [2.05, 4.69) is 26.2 Å². The highest BCUT2D eigenvalue weighted by molar-refractivity contribution is 5.94. The normalized spacial score (nSPS) is 11.6. The van der Waals surface area contributed by atoms with Crippen molar-refractivity contribution in [1.82, 2.24) is 5.32 Å². The summed E-state index contributed by atoms with van der Waals surface area (Å²) in [5.74, 6) is 0.799. The van der Waals surface area contributed by atoms with E-state index in [0.717, 1.165) is 23.3 Å². The molecule has 0 aromatic heterocycles. The maximum Gasteiger partial charge on any atom is 0.251 e. The number of ether oxygens (including phenoxy) is 1. The largest absolute Gasteiger partial charge is 0.497 e. The van der Waals surface area contributed by atoms with Gasteiger partial charge in [0, 0.05) is 5.56 Å². The molecule has 41 heavy (non-hydrogen) atoms. The number of benzene rings is 1. The SMILES string of the molecule is CCCCCCCCCCCCC[N+](C)(CCCCCCCCCCCCC)CCNC(=O)c1ccc(OC)cc1. The molecule has 0 bridgehead atoms. The lowest BCUT2D eigenvalue weighted by Crippen LogP contribution is -2.50. The smallest absolute Gasteiger partial charge is 0.251 e. The van der Waals surface area contributed by atoms with Gasteiger partial charge >= 0.3 is 0 Å². The van der Waals surface area contributed by atoms with Gasteiger partial charge < -0.3 is 14.5 Å². The number of amides is 1. The minimum atomic E-state index is 0.0172. The lowest BCUT2D eigenvalue weighted by atomic mass is 10.0. The summed E-state index contributed by atoms with van der Waals surface area (Å²) in [6.07, 6.45) is 30.6. The molecule has 0 spiro atoms. The average Bonchev–Trinajstić information content (AvgIpc) is 2.98. The van der Waals surface area contributed by atoms with Crippen LogP contribution < -0.4 is 10.1 Å². The number of likely N-dealkylation sites (N-methyl/N-ethyl adjacent to an activating group) is 1. The second-order valence-electron chi connectivity index (χ2n) is 12.8. The molecule has 0 unspecified atom stereocenters. The monoisotopic (exact) mass is 574 g/mol. The van der Waals surface area contributed by atoms with E-state index in [1.807, 2.05) is 24.3 Å². The van der Waals surface area contributed by atoms with E-state index >= 15 is 0 Å². The number of nitrogens with one attached hydrogen (secondary N) is 1. The standard InChI is InChI=1S/C37H68N2O2/c1-5-7-9-11-13-15-17-19-21-23-25-32-39(3,33-26-24-22-20-18-16-14-12-10-8-6-2)34-31-38-37(40)35-27-29-36(41-4)30-28-35/h27-30H,5-26,31-34H2,1-4H3/p+1. The van der Waals surface area contributed by atoms with E-state index in [4.69, 9.17) is 4.74 Å². The second kappa shape index (κ2) is 26.1. The van der Waals surface area contributed by atoms with Gasteiger partial charge in [-0.05, 0) is 49.9 Å². The zero-order chi connectivity index (χ0) is 29.9. The van der Waals surface area contributed by atoms with Gasteiger partial charge in [-0.1, -0.05) is 129 Å². The van der Waals surface area contributed by atoms with Gasteiger partial charge in [0.2, 0.25) is 0 Å². The van der Waals surface area contributed by atoms with Gasteiger partial charge in [-0.3, -0.25) is 4.79 Å². The fourth-order valence-corrected chi connectivity index (χ4v) is 5.93. The van der Waals surface area contributed by atoms with Crippen molar-refractivity contribution in [2.24, 2.45) is 0 Å². The van der Waals surface area contributed by atoms with Crippen LogP contribution >= 0.6 is 0 Å². The highest BCUT2D eigenvalue weighted by Gasteiger charge is 2.21. The number of rotatable bonds is 29. The molecular weight excluding hydrogens is 504 g/mol. The van der Waals surface area contributed by atoms with Crippen LogP contribution in [0.25, 0.3) is 0 Å². The number of quaternary nitrogens is 1. The quantitative estimate of drug-likeness (QED) is 0.0764. The summed E-state index contributed by atoms with van der Waals surface area (Å²) in [4.78, 5) is 12.7. The zero-order valence-electron chi connectivity index (χ0n) is 28.0. The van der Waals surface area contributed by atoms with Crippen molar-refractivity contribution >= 4 is 5.91 Å². The minimum Gasteiger partial charge on any atom is -0.497 e. The predicted molar refractivity (Wildman–Crippen MR) is 179 cm³/mol. The van der Waals surface area contributed by atoms with Crippen molar-refractivity contribution in [3.05, 3.63) is 29.8 Å². The zero-order valence-corrected chi connectivity index (χ0v) is 28.0. The average molecular weight is 574 g/mol. The van der Waals surface area contributed by atoms with Crippen LogP contribution in [0, 0.1) is 0 Å². The highest BCUT2D eigenvalue weighted by Crippen LogP contribution is 2.16. The lowest BCUT2D eigenvalue weighted by Gasteiger charge is -2.35. The van der Waals surface area contributed by atoms with E-state index in [1.54, 1.807) is 7.11 Å². The Morgan fingerprint density at radius 3 is 1.32 bits per heavy atom. The van der Waals surface area contributed by atoms with E-state index in [-0.39, 0.29) is 5.91 Å². The summed E-state index contributed by atoms with van der Waals surface area (Å²) in [6.45, 7) is 8.79. The third-order valence-electron chi connectivity index (χ3n) is 8.89. The van der Waals surface area contributed by atoms with Gasteiger partial charge in [0.15, 0.2) is 0 Å². The lowest BCUT2D eigenvalue weighted by molar-refractivity contribution is -0.908. The maximum atomic E-state index is 12.7. The Kier molecular flexibility index (Phi) is 23.9. The highest BCUT2D eigenvalue weighted by atomic mass is 16.5. The first kappa shape index (κ1) is 37.5. The molecule has 0 heterocycles. The number of unbranched alkanes of at least 4 members (excludes halogenated alkanes) is 20. The number of nitrogens with zero attached hydrogens (tertiary/aromatic N) is 1. The molecule has 0 atom stereocenters. The summed E-state index contributed by atoms with van der Waals surface area (Å²) < 4.78 is 6.31. The topological polar surface area (TPSA) is 38.3 Å². The molecule has 0 aliphatic carbocycles. The van der Waals surface area contributed by atoms with Gasteiger partial charge in [-0.15, -0.1) is 0 Å². The van der Waals surface area contributed by atoms with Gasteiger partial charge in [0.1, 0.15) is 5.75 Å². The molecule has 1 aromatic carbocycles. The Morgan fingerprint density at radius 2 is 0.951 bits per heavy atom. The van der Waals surface area contributed by atoms with Crippen molar-refractivity contribution in [3.8, 4) is 5.75 Å². The van der Waals surface area contributed by atoms with Gasteiger partial charge in [0.05, 0.1) is 40.3 Å². The third kappa shape index (κ3) is 20.9. The first-order valence-corrected chi connectivity index (χ1v) is 17.8. The number of carbonyl (C=O) groups is 1. The summed E-state index contributed by atoms with van der Waals surface area (Å²) in [5, 5.41) is 3.18. The van der Waals surface area contributed by atoms with Crippen molar-refractivity contribution in [2.45, 2.75) is 155 Å². The fourth-order valence-electron chi connectivity index (χ4n) is 5.93. The summed E-state index contributed by atoms with van der Waals surface area (Å²) >= 11 is 0. The Morgan fingerprint density at radius 1 is 0.585 bits per heavy atom.